The summed E-state index contributed by atoms with van der Waals surface area (Å²) in [6.45, 7) is 3.23. The zero-order valence-corrected chi connectivity index (χ0v) is 9.73. The molecule has 2 N–H and O–H groups in total. The average Bonchev–Trinajstić information content (AvgIpc) is 1.99. The fourth-order valence-electron chi connectivity index (χ4n) is 2.36. The van der Waals surface area contributed by atoms with Crippen molar-refractivity contribution in [2.75, 3.05) is 19.7 Å². The summed E-state index contributed by atoms with van der Waals surface area (Å²) < 4.78 is 5.04. The number of nitrogens with one attached hydrogen (secondary N) is 1. The summed E-state index contributed by atoms with van der Waals surface area (Å²) in [5.41, 5.74) is -1.45. The first-order valence-electron chi connectivity index (χ1n) is 5.25. The van der Waals surface area contributed by atoms with E-state index < -0.39 is 11.0 Å². The van der Waals surface area contributed by atoms with E-state index in [0.717, 1.165) is 19.3 Å². The minimum absolute atomic E-state index is 0. The van der Waals surface area contributed by atoms with Crippen LogP contribution in [-0.4, -0.2) is 36.4 Å². The highest BCUT2D eigenvalue weighted by molar-refractivity contribution is 5.85. The van der Waals surface area contributed by atoms with Crippen LogP contribution in [0.15, 0.2) is 0 Å². The van der Waals surface area contributed by atoms with Crippen molar-refractivity contribution in [3.63, 3.8) is 0 Å². The second-order valence-electron chi connectivity index (χ2n) is 4.29. The van der Waals surface area contributed by atoms with Gasteiger partial charge in [0.15, 0.2) is 0 Å². The van der Waals surface area contributed by atoms with Gasteiger partial charge in [0, 0.05) is 13.1 Å². The Morgan fingerprint density at radius 2 is 2.07 bits per heavy atom. The molecule has 0 aromatic rings. The Labute approximate surface area is 95.8 Å². The molecule has 1 saturated heterocycles. The molecule has 0 aromatic heterocycles. The lowest BCUT2D eigenvalue weighted by atomic mass is 9.56. The molecule has 2 aliphatic rings. The normalized spacial score (nSPS) is 25.5. The van der Waals surface area contributed by atoms with Crippen molar-refractivity contribution in [2.24, 2.45) is 5.41 Å². The molecular weight excluding hydrogens is 218 g/mol. The minimum atomic E-state index is -0.850. The summed E-state index contributed by atoms with van der Waals surface area (Å²) in [6, 6.07) is 0. The smallest absolute Gasteiger partial charge is 0.315 e. The second-order valence-corrected chi connectivity index (χ2v) is 4.29. The summed E-state index contributed by atoms with van der Waals surface area (Å²) in [6.07, 6.45) is 2.55. The molecular formula is C10H18ClNO3. The summed E-state index contributed by atoms with van der Waals surface area (Å²) in [5.74, 6) is -0.213. The number of aliphatic hydroxyl groups is 1. The van der Waals surface area contributed by atoms with Gasteiger partial charge in [0.1, 0.15) is 5.60 Å². The van der Waals surface area contributed by atoms with Gasteiger partial charge in [-0.25, -0.2) is 0 Å². The predicted molar refractivity (Wildman–Crippen MR) is 58.0 cm³/mol. The summed E-state index contributed by atoms with van der Waals surface area (Å²) in [5, 5.41) is 13.2. The number of hydrogen-bond acceptors (Lipinski definition) is 4. The third-order valence-electron chi connectivity index (χ3n) is 3.60. The molecule has 4 nitrogen and oxygen atoms in total. The number of β-amino-alcohol motifs (C(OH)–C–C–N with tert-alkyl or cyclic N) is 1. The monoisotopic (exact) mass is 235 g/mol. The van der Waals surface area contributed by atoms with E-state index in [4.69, 9.17) is 4.74 Å². The lowest BCUT2D eigenvalue weighted by Crippen LogP contribution is -2.72. The number of carbonyl (C=O) groups excluding carboxylic acids is 1. The third-order valence-corrected chi connectivity index (χ3v) is 3.60. The van der Waals surface area contributed by atoms with Crippen LogP contribution in [0.2, 0.25) is 0 Å². The van der Waals surface area contributed by atoms with Crippen LogP contribution in [0.1, 0.15) is 26.2 Å². The quantitative estimate of drug-likeness (QED) is 0.699. The predicted octanol–water partition coefficient (Wildman–Crippen LogP) is 0.476. The number of carbonyl (C=O) groups is 1. The minimum Gasteiger partial charge on any atom is -0.465 e. The molecule has 15 heavy (non-hydrogen) atoms. The van der Waals surface area contributed by atoms with E-state index in [0.29, 0.717) is 19.7 Å². The molecule has 0 amide bonds. The molecule has 0 spiro atoms. The summed E-state index contributed by atoms with van der Waals surface area (Å²) in [7, 11) is 0. The third kappa shape index (κ3) is 1.65. The van der Waals surface area contributed by atoms with Crippen molar-refractivity contribution >= 4 is 18.4 Å². The Balaban J connectivity index is 0.00000112. The van der Waals surface area contributed by atoms with E-state index in [1.54, 1.807) is 6.92 Å². The maximum atomic E-state index is 11.8. The summed E-state index contributed by atoms with van der Waals surface area (Å²) >= 11 is 0. The van der Waals surface area contributed by atoms with Gasteiger partial charge in [-0.15, -0.1) is 12.4 Å². The van der Waals surface area contributed by atoms with Gasteiger partial charge in [0.05, 0.1) is 12.0 Å². The number of esters is 1. The highest BCUT2D eigenvalue weighted by atomic mass is 35.5. The van der Waals surface area contributed by atoms with Crippen LogP contribution in [0.25, 0.3) is 0 Å². The SMILES string of the molecule is CCOC(=O)C1(C2(O)CNC2)CCC1.Cl. The maximum absolute atomic E-state index is 11.8. The molecule has 1 saturated carbocycles. The van der Waals surface area contributed by atoms with Gasteiger partial charge < -0.3 is 15.2 Å². The van der Waals surface area contributed by atoms with E-state index in [2.05, 4.69) is 5.32 Å². The Kier molecular flexibility index (Phi) is 3.63. The van der Waals surface area contributed by atoms with Crippen LogP contribution in [0, 0.1) is 5.41 Å². The zero-order valence-electron chi connectivity index (χ0n) is 8.91. The van der Waals surface area contributed by atoms with Crippen molar-refractivity contribution in [3.8, 4) is 0 Å². The van der Waals surface area contributed by atoms with E-state index in [-0.39, 0.29) is 18.4 Å². The highest BCUT2D eigenvalue weighted by Gasteiger charge is 2.62. The van der Waals surface area contributed by atoms with E-state index in [9.17, 15) is 9.90 Å². The first-order chi connectivity index (χ1) is 6.65. The van der Waals surface area contributed by atoms with Crippen LogP contribution < -0.4 is 5.32 Å². The number of halogens is 1. The van der Waals surface area contributed by atoms with Crippen LogP contribution in [0.3, 0.4) is 0 Å². The van der Waals surface area contributed by atoms with Crippen molar-refractivity contribution in [2.45, 2.75) is 31.8 Å². The standard InChI is InChI=1S/C10H17NO3.ClH/c1-2-14-8(12)9(4-3-5-9)10(13)6-11-7-10;/h11,13H,2-7H2,1H3;1H. The van der Waals surface area contributed by atoms with Gasteiger partial charge in [-0.05, 0) is 19.8 Å². The van der Waals surface area contributed by atoms with Crippen LogP contribution >= 0.6 is 12.4 Å². The van der Waals surface area contributed by atoms with Crippen molar-refractivity contribution in [1.29, 1.82) is 0 Å². The molecule has 0 unspecified atom stereocenters. The fourth-order valence-corrected chi connectivity index (χ4v) is 2.36. The van der Waals surface area contributed by atoms with Crippen molar-refractivity contribution in [1.82, 2.24) is 5.32 Å². The highest BCUT2D eigenvalue weighted by Crippen LogP contribution is 2.51. The van der Waals surface area contributed by atoms with Gasteiger partial charge in [0.2, 0.25) is 0 Å². The molecule has 2 rings (SSSR count). The zero-order chi connectivity index (χ0) is 10.2. The van der Waals surface area contributed by atoms with E-state index in [1.807, 2.05) is 0 Å². The molecule has 1 aliphatic heterocycles. The molecule has 2 fully saturated rings. The first-order valence-corrected chi connectivity index (χ1v) is 5.25. The van der Waals surface area contributed by atoms with E-state index in [1.165, 1.54) is 0 Å². The molecule has 0 bridgehead atoms. The van der Waals surface area contributed by atoms with Crippen molar-refractivity contribution < 1.29 is 14.6 Å². The molecule has 0 atom stereocenters. The fraction of sp³-hybridized carbons (Fsp3) is 0.900. The molecule has 1 aliphatic carbocycles. The number of ether oxygens (including phenoxy) is 1. The Hall–Kier alpha value is -0.320. The van der Waals surface area contributed by atoms with Crippen LogP contribution in [-0.2, 0) is 9.53 Å². The van der Waals surface area contributed by atoms with Crippen molar-refractivity contribution in [3.05, 3.63) is 0 Å². The van der Waals surface area contributed by atoms with Gasteiger partial charge in [-0.3, -0.25) is 4.79 Å². The first kappa shape index (κ1) is 12.7. The maximum Gasteiger partial charge on any atom is 0.315 e. The van der Waals surface area contributed by atoms with E-state index >= 15 is 0 Å². The number of rotatable bonds is 3. The van der Waals surface area contributed by atoms with Crippen LogP contribution in [0.4, 0.5) is 0 Å². The lowest BCUT2D eigenvalue weighted by molar-refractivity contribution is -0.199. The van der Waals surface area contributed by atoms with Gasteiger partial charge >= 0.3 is 5.97 Å². The number of hydrogen-bond donors (Lipinski definition) is 2. The van der Waals surface area contributed by atoms with Gasteiger partial charge in [-0.1, -0.05) is 6.42 Å². The average molecular weight is 236 g/mol. The molecule has 88 valence electrons. The Morgan fingerprint density at radius 3 is 2.33 bits per heavy atom. The molecule has 0 radical (unpaired) electrons. The lowest BCUT2D eigenvalue weighted by Gasteiger charge is -2.55. The Bertz CT molecular complexity index is 249. The van der Waals surface area contributed by atoms with Crippen LogP contribution in [0.5, 0.6) is 0 Å². The Morgan fingerprint density at radius 1 is 1.47 bits per heavy atom. The van der Waals surface area contributed by atoms with Gasteiger partial charge in [-0.2, -0.15) is 0 Å². The second kappa shape index (κ2) is 4.28. The topological polar surface area (TPSA) is 58.6 Å². The largest absolute Gasteiger partial charge is 0.465 e. The molecule has 5 heteroatoms. The summed E-state index contributed by atoms with van der Waals surface area (Å²) in [4.78, 5) is 11.8. The molecule has 1 heterocycles. The molecule has 0 aromatic carbocycles. The van der Waals surface area contributed by atoms with Gasteiger partial charge in [0.25, 0.3) is 0 Å².